The van der Waals surface area contributed by atoms with Crippen LogP contribution in [0.5, 0.6) is 0 Å². The fraction of sp³-hybridized carbons (Fsp3) is 0.918. The van der Waals surface area contributed by atoms with Crippen LogP contribution in [0.1, 0.15) is 271 Å². The second-order valence-electron chi connectivity index (χ2n) is 16.9. The summed E-state index contributed by atoms with van der Waals surface area (Å²) in [5.41, 5.74) is 0. The summed E-state index contributed by atoms with van der Waals surface area (Å²) in [7, 11) is 0. The Kier molecular flexibility index (Phi) is 43.3. The van der Waals surface area contributed by atoms with Crippen LogP contribution in [0.25, 0.3) is 0 Å². The monoisotopic (exact) mass is 809 g/mol. The molecule has 8 heteroatoms. The molecule has 0 saturated heterocycles. The zero-order chi connectivity index (χ0) is 41.7. The van der Waals surface area contributed by atoms with Crippen LogP contribution in [0, 0.1) is 5.92 Å². The van der Waals surface area contributed by atoms with Crippen LogP contribution < -0.4 is 0 Å². The molecule has 1 atom stereocenters. The number of ether oxygens (including phenoxy) is 3. The van der Waals surface area contributed by atoms with Gasteiger partial charge < -0.3 is 19.3 Å². The molecule has 8 nitrogen and oxygen atoms in total. The number of esters is 3. The highest BCUT2D eigenvalue weighted by atomic mass is 16.7. The van der Waals surface area contributed by atoms with E-state index in [2.05, 4.69) is 13.8 Å². The van der Waals surface area contributed by atoms with Crippen LogP contribution >= 0.6 is 0 Å². The van der Waals surface area contributed by atoms with Gasteiger partial charge in [-0.15, -0.1) is 0 Å². The summed E-state index contributed by atoms with van der Waals surface area (Å²) >= 11 is 0. The first-order valence-corrected chi connectivity index (χ1v) is 24.6. The SMILES string of the molecule is CCCCCCCCCCCCCCCCCC(=O)OCOC(=O)C(CCCCCCCCC(=O)O)COC(=O)CCCCCCCCCCCCCCCCC. The Morgan fingerprint density at radius 3 is 1.02 bits per heavy atom. The quantitative estimate of drug-likeness (QED) is 0.0367. The lowest BCUT2D eigenvalue weighted by Crippen LogP contribution is -2.26. The average Bonchev–Trinajstić information content (AvgIpc) is 3.19. The van der Waals surface area contributed by atoms with Crippen LogP contribution in [0.4, 0.5) is 0 Å². The first-order chi connectivity index (χ1) is 27.9. The molecule has 0 aromatic rings. The minimum Gasteiger partial charge on any atom is -0.481 e. The molecule has 0 spiro atoms. The van der Waals surface area contributed by atoms with Crippen molar-refractivity contribution in [1.29, 1.82) is 0 Å². The number of carbonyl (C=O) groups is 4. The van der Waals surface area contributed by atoms with E-state index in [0.717, 1.165) is 70.6 Å². The van der Waals surface area contributed by atoms with Gasteiger partial charge in [0.15, 0.2) is 0 Å². The maximum absolute atomic E-state index is 13.0. The predicted octanol–water partition coefficient (Wildman–Crippen LogP) is 14.9. The highest BCUT2D eigenvalue weighted by Gasteiger charge is 2.22. The minimum absolute atomic E-state index is 0.0257. The maximum atomic E-state index is 13.0. The number of carboxylic acid groups (broad SMARTS) is 1. The molecule has 0 bridgehead atoms. The number of hydrogen-bond donors (Lipinski definition) is 1. The number of carboxylic acids is 1. The van der Waals surface area contributed by atoms with Crippen molar-refractivity contribution >= 4 is 23.9 Å². The van der Waals surface area contributed by atoms with Gasteiger partial charge in [0.05, 0.1) is 5.92 Å². The second-order valence-corrected chi connectivity index (χ2v) is 16.9. The van der Waals surface area contributed by atoms with E-state index in [1.54, 1.807) is 0 Å². The van der Waals surface area contributed by atoms with Gasteiger partial charge in [-0.25, -0.2) is 0 Å². The molecular formula is C49H92O8. The summed E-state index contributed by atoms with van der Waals surface area (Å²) in [6.07, 6.45) is 44.5. The van der Waals surface area contributed by atoms with Crippen LogP contribution in [-0.4, -0.2) is 42.4 Å². The van der Waals surface area contributed by atoms with Gasteiger partial charge in [0.2, 0.25) is 6.79 Å². The number of carbonyl (C=O) groups excluding carboxylic acids is 3. The van der Waals surface area contributed by atoms with E-state index in [9.17, 15) is 19.2 Å². The van der Waals surface area contributed by atoms with Crippen LogP contribution in [0.15, 0.2) is 0 Å². The Bertz CT molecular complexity index is 906. The molecule has 0 heterocycles. The van der Waals surface area contributed by atoms with Crippen molar-refractivity contribution in [3.63, 3.8) is 0 Å². The second kappa shape index (κ2) is 45.0. The molecule has 0 aliphatic carbocycles. The number of rotatable bonds is 46. The van der Waals surface area contributed by atoms with E-state index >= 15 is 0 Å². The fourth-order valence-electron chi connectivity index (χ4n) is 7.53. The van der Waals surface area contributed by atoms with Gasteiger partial charge in [0.25, 0.3) is 0 Å². The summed E-state index contributed by atoms with van der Waals surface area (Å²) < 4.78 is 16.1. The molecule has 0 amide bonds. The summed E-state index contributed by atoms with van der Waals surface area (Å²) in [6.45, 7) is 4.09. The number of aliphatic carboxylic acids is 1. The molecule has 0 saturated carbocycles. The molecule has 0 aromatic carbocycles. The van der Waals surface area contributed by atoms with Crippen molar-refractivity contribution in [3.05, 3.63) is 0 Å². The lowest BCUT2D eigenvalue weighted by Gasteiger charge is -2.16. The number of unbranched alkanes of at least 4 members (excludes halogenated alkanes) is 33. The van der Waals surface area contributed by atoms with Gasteiger partial charge in [0.1, 0.15) is 6.61 Å². The zero-order valence-corrected chi connectivity index (χ0v) is 37.6. The largest absolute Gasteiger partial charge is 0.481 e. The first kappa shape index (κ1) is 54.9. The Labute approximate surface area is 351 Å². The Balaban J connectivity index is 4.17. The molecule has 0 aliphatic rings. The molecular weight excluding hydrogens is 717 g/mol. The summed E-state index contributed by atoms with van der Waals surface area (Å²) in [6, 6.07) is 0. The van der Waals surface area contributed by atoms with E-state index in [-0.39, 0.29) is 25.0 Å². The van der Waals surface area contributed by atoms with Crippen LogP contribution in [-0.2, 0) is 33.4 Å². The summed E-state index contributed by atoms with van der Waals surface area (Å²) in [4.78, 5) is 48.5. The minimum atomic E-state index is -0.763. The Hall–Kier alpha value is -2.12. The zero-order valence-electron chi connectivity index (χ0n) is 37.6. The topological polar surface area (TPSA) is 116 Å². The van der Waals surface area contributed by atoms with Crippen molar-refractivity contribution in [3.8, 4) is 0 Å². The number of hydrogen-bond acceptors (Lipinski definition) is 7. The van der Waals surface area contributed by atoms with Crippen molar-refractivity contribution < 1.29 is 38.5 Å². The maximum Gasteiger partial charge on any atom is 0.315 e. The molecule has 0 radical (unpaired) electrons. The highest BCUT2D eigenvalue weighted by molar-refractivity contribution is 5.74. The van der Waals surface area contributed by atoms with E-state index in [4.69, 9.17) is 19.3 Å². The molecule has 0 fully saturated rings. The van der Waals surface area contributed by atoms with Gasteiger partial charge in [-0.1, -0.05) is 226 Å². The van der Waals surface area contributed by atoms with Gasteiger partial charge in [0, 0.05) is 19.3 Å². The molecule has 1 unspecified atom stereocenters. The Morgan fingerprint density at radius 1 is 0.368 bits per heavy atom. The lowest BCUT2D eigenvalue weighted by molar-refractivity contribution is -0.172. The summed E-state index contributed by atoms with van der Waals surface area (Å²) in [5.74, 6) is -2.50. The highest BCUT2D eigenvalue weighted by Crippen LogP contribution is 2.18. The van der Waals surface area contributed by atoms with Crippen LogP contribution in [0.3, 0.4) is 0 Å². The lowest BCUT2D eigenvalue weighted by atomic mass is 10.0. The molecule has 0 rings (SSSR count). The van der Waals surface area contributed by atoms with Gasteiger partial charge in [-0.05, 0) is 25.7 Å². The molecule has 57 heavy (non-hydrogen) atoms. The average molecular weight is 809 g/mol. The third-order valence-corrected chi connectivity index (χ3v) is 11.4. The normalized spacial score (nSPS) is 11.8. The van der Waals surface area contributed by atoms with Crippen molar-refractivity contribution in [1.82, 2.24) is 0 Å². The molecule has 1 N–H and O–H groups in total. The summed E-state index contributed by atoms with van der Waals surface area (Å²) in [5, 5.41) is 8.81. The fourth-order valence-corrected chi connectivity index (χ4v) is 7.53. The van der Waals surface area contributed by atoms with Crippen molar-refractivity contribution in [2.24, 2.45) is 5.92 Å². The van der Waals surface area contributed by atoms with Gasteiger partial charge in [-0.2, -0.15) is 0 Å². The van der Waals surface area contributed by atoms with Gasteiger partial charge in [-0.3, -0.25) is 19.2 Å². The smallest absolute Gasteiger partial charge is 0.315 e. The van der Waals surface area contributed by atoms with Crippen molar-refractivity contribution in [2.75, 3.05) is 13.4 Å². The molecule has 336 valence electrons. The van der Waals surface area contributed by atoms with E-state index in [1.807, 2.05) is 0 Å². The molecule has 0 aromatic heterocycles. The third-order valence-electron chi connectivity index (χ3n) is 11.4. The Morgan fingerprint density at radius 2 is 0.667 bits per heavy atom. The first-order valence-electron chi connectivity index (χ1n) is 24.6. The molecule has 0 aliphatic heterocycles. The van der Waals surface area contributed by atoms with E-state index in [1.165, 1.54) is 154 Å². The third kappa shape index (κ3) is 43.3. The predicted molar refractivity (Wildman–Crippen MR) is 235 cm³/mol. The standard InChI is InChI=1S/C49H92O8/c1-3-5-7-9-11-13-15-17-19-21-23-25-27-33-37-41-47(52)55-43-45(39-35-31-29-30-32-36-40-46(50)51)49(54)57-44-56-48(53)42-38-34-28-26-24-22-20-18-16-14-12-10-8-6-4-2/h45H,3-44H2,1-2H3,(H,50,51). The van der Waals surface area contributed by atoms with E-state index in [0.29, 0.717) is 25.7 Å². The van der Waals surface area contributed by atoms with E-state index < -0.39 is 24.6 Å². The van der Waals surface area contributed by atoms with Crippen molar-refractivity contribution in [2.45, 2.75) is 271 Å². The van der Waals surface area contributed by atoms with Crippen LogP contribution in [0.2, 0.25) is 0 Å². The van der Waals surface area contributed by atoms with Gasteiger partial charge >= 0.3 is 23.9 Å².